The Hall–Kier alpha value is -2.03. The van der Waals surface area contributed by atoms with Crippen LogP contribution in [0.1, 0.15) is 43.0 Å². The minimum Gasteiger partial charge on any atom is -0.398 e. The van der Waals surface area contributed by atoms with Gasteiger partial charge in [-0.15, -0.1) is 0 Å². The monoisotopic (exact) mass is 268 g/mol. The lowest BCUT2D eigenvalue weighted by atomic mass is 9.74. The molecule has 0 spiro atoms. The zero-order valence-corrected chi connectivity index (χ0v) is 11.8. The van der Waals surface area contributed by atoms with E-state index in [0.29, 0.717) is 11.3 Å². The summed E-state index contributed by atoms with van der Waals surface area (Å²) in [7, 11) is 0. The molecule has 0 bridgehead atoms. The van der Waals surface area contributed by atoms with Crippen molar-refractivity contribution >= 4 is 22.4 Å². The fourth-order valence-electron chi connectivity index (χ4n) is 2.93. The number of fused-ring (bicyclic) bond motifs is 1. The number of nitrogens with one attached hydrogen (secondary N) is 1. The van der Waals surface area contributed by atoms with E-state index in [9.17, 15) is 4.79 Å². The molecule has 104 valence electrons. The molecule has 0 aliphatic heterocycles. The van der Waals surface area contributed by atoms with Crippen molar-refractivity contribution in [3.63, 3.8) is 0 Å². The van der Waals surface area contributed by atoms with Crippen LogP contribution in [-0.4, -0.2) is 11.4 Å². The Morgan fingerprint density at radius 3 is 2.45 bits per heavy atom. The Kier molecular flexibility index (Phi) is 3.13. The summed E-state index contributed by atoms with van der Waals surface area (Å²) in [5.74, 6) is -0.0465. The molecule has 0 unspecified atom stereocenters. The van der Waals surface area contributed by atoms with Crippen molar-refractivity contribution in [3.05, 3.63) is 42.0 Å². The van der Waals surface area contributed by atoms with Crippen LogP contribution in [0.2, 0.25) is 0 Å². The first-order valence-corrected chi connectivity index (χ1v) is 7.24. The molecule has 1 fully saturated rings. The summed E-state index contributed by atoms with van der Waals surface area (Å²) < 4.78 is 0. The van der Waals surface area contributed by atoms with E-state index < -0.39 is 0 Å². The van der Waals surface area contributed by atoms with E-state index >= 15 is 0 Å². The van der Waals surface area contributed by atoms with Crippen molar-refractivity contribution in [1.29, 1.82) is 0 Å². The first kappa shape index (κ1) is 13.0. The van der Waals surface area contributed by atoms with Crippen molar-refractivity contribution in [2.45, 2.75) is 38.1 Å². The van der Waals surface area contributed by atoms with E-state index in [1.54, 1.807) is 0 Å². The molecule has 2 aromatic carbocycles. The van der Waals surface area contributed by atoms with Crippen LogP contribution in [0, 0.1) is 0 Å². The number of hydrogen-bond acceptors (Lipinski definition) is 2. The summed E-state index contributed by atoms with van der Waals surface area (Å²) in [5.41, 5.74) is 7.18. The topological polar surface area (TPSA) is 55.1 Å². The number of rotatable bonds is 3. The van der Waals surface area contributed by atoms with E-state index in [2.05, 4.69) is 12.2 Å². The highest BCUT2D eigenvalue weighted by atomic mass is 16.1. The average Bonchev–Trinajstić information content (AvgIpc) is 2.42. The smallest absolute Gasteiger partial charge is 0.253 e. The lowest BCUT2D eigenvalue weighted by molar-refractivity contribution is 0.0821. The fourth-order valence-corrected chi connectivity index (χ4v) is 2.93. The number of benzene rings is 2. The maximum Gasteiger partial charge on any atom is 0.253 e. The van der Waals surface area contributed by atoms with Gasteiger partial charge in [0.2, 0.25) is 0 Å². The van der Waals surface area contributed by atoms with Gasteiger partial charge in [0, 0.05) is 11.2 Å². The molecule has 1 aliphatic carbocycles. The molecule has 3 nitrogen and oxygen atoms in total. The second-order valence-electron chi connectivity index (χ2n) is 5.73. The van der Waals surface area contributed by atoms with E-state index in [0.717, 1.165) is 30.0 Å². The van der Waals surface area contributed by atoms with Crippen LogP contribution < -0.4 is 11.1 Å². The fraction of sp³-hybridized carbons (Fsp3) is 0.353. The van der Waals surface area contributed by atoms with E-state index in [-0.39, 0.29) is 11.4 Å². The minimum atomic E-state index is -0.0465. The average molecular weight is 268 g/mol. The highest BCUT2D eigenvalue weighted by molar-refractivity contribution is 6.04. The zero-order chi connectivity index (χ0) is 14.2. The van der Waals surface area contributed by atoms with Gasteiger partial charge in [0.1, 0.15) is 0 Å². The van der Waals surface area contributed by atoms with Crippen molar-refractivity contribution in [2.75, 3.05) is 5.73 Å². The first-order chi connectivity index (χ1) is 9.63. The standard InChI is InChI=1S/C17H20N2O/c1-2-17(8-5-9-17)19-16(20)14-10-12-6-3-4-7-13(12)11-15(14)18/h3-4,6-7,10-11H,2,5,8-9,18H2,1H3,(H,19,20). The van der Waals surface area contributed by atoms with Gasteiger partial charge in [0.15, 0.2) is 0 Å². The zero-order valence-electron chi connectivity index (χ0n) is 11.8. The highest BCUT2D eigenvalue weighted by Crippen LogP contribution is 2.35. The SMILES string of the molecule is CCC1(NC(=O)c2cc3ccccc3cc2N)CCC1. The van der Waals surface area contributed by atoms with Gasteiger partial charge in [-0.3, -0.25) is 4.79 Å². The molecule has 3 N–H and O–H groups in total. The third-order valence-electron chi connectivity index (χ3n) is 4.53. The molecule has 2 aromatic rings. The molecule has 1 aliphatic rings. The number of nitrogens with two attached hydrogens (primary N) is 1. The Morgan fingerprint density at radius 1 is 1.25 bits per heavy atom. The Balaban J connectivity index is 1.93. The molecule has 20 heavy (non-hydrogen) atoms. The second kappa shape index (κ2) is 4.82. The maximum absolute atomic E-state index is 12.5. The summed E-state index contributed by atoms with van der Waals surface area (Å²) in [6.45, 7) is 2.13. The molecular weight excluding hydrogens is 248 g/mol. The number of carbonyl (C=O) groups excluding carboxylic acids is 1. The van der Waals surface area contributed by atoms with E-state index in [4.69, 9.17) is 5.73 Å². The second-order valence-corrected chi connectivity index (χ2v) is 5.73. The molecule has 1 amide bonds. The summed E-state index contributed by atoms with van der Waals surface area (Å²) in [6.07, 6.45) is 4.32. The third kappa shape index (κ3) is 2.13. The van der Waals surface area contributed by atoms with Gasteiger partial charge in [-0.2, -0.15) is 0 Å². The molecule has 3 rings (SSSR count). The van der Waals surface area contributed by atoms with Crippen LogP contribution >= 0.6 is 0 Å². The molecule has 1 saturated carbocycles. The first-order valence-electron chi connectivity index (χ1n) is 7.24. The number of amides is 1. The summed E-state index contributed by atoms with van der Waals surface area (Å²) >= 11 is 0. The van der Waals surface area contributed by atoms with Crippen LogP contribution in [0.4, 0.5) is 5.69 Å². The maximum atomic E-state index is 12.5. The lowest BCUT2D eigenvalue weighted by Gasteiger charge is -2.42. The normalized spacial score (nSPS) is 16.6. The van der Waals surface area contributed by atoms with Gasteiger partial charge in [0.05, 0.1) is 5.56 Å². The van der Waals surface area contributed by atoms with Crippen LogP contribution in [0.25, 0.3) is 10.8 Å². The molecule has 0 aromatic heterocycles. The predicted molar refractivity (Wildman–Crippen MR) is 82.7 cm³/mol. The Labute approximate surface area is 119 Å². The van der Waals surface area contributed by atoms with Gasteiger partial charge in [-0.1, -0.05) is 31.2 Å². The molecular formula is C17H20N2O. The van der Waals surface area contributed by atoms with Crippen LogP contribution in [-0.2, 0) is 0 Å². The summed E-state index contributed by atoms with van der Waals surface area (Å²) in [4.78, 5) is 12.5. The molecule has 0 saturated heterocycles. The minimum absolute atomic E-state index is 0.00479. The number of nitrogen functional groups attached to an aromatic ring is 1. The lowest BCUT2D eigenvalue weighted by Crippen LogP contribution is -2.53. The van der Waals surface area contributed by atoms with Crippen molar-refractivity contribution in [1.82, 2.24) is 5.32 Å². The predicted octanol–water partition coefficient (Wildman–Crippen LogP) is 3.48. The van der Waals surface area contributed by atoms with E-state index in [1.807, 2.05) is 36.4 Å². The molecule has 3 heteroatoms. The van der Waals surface area contributed by atoms with Gasteiger partial charge in [-0.05, 0) is 48.6 Å². The Morgan fingerprint density at radius 2 is 1.90 bits per heavy atom. The molecule has 0 atom stereocenters. The summed E-state index contributed by atoms with van der Waals surface area (Å²) in [5, 5.41) is 5.29. The number of hydrogen-bond donors (Lipinski definition) is 2. The van der Waals surface area contributed by atoms with Gasteiger partial charge >= 0.3 is 0 Å². The third-order valence-corrected chi connectivity index (χ3v) is 4.53. The molecule has 0 radical (unpaired) electrons. The van der Waals surface area contributed by atoms with Crippen molar-refractivity contribution < 1.29 is 4.79 Å². The molecule has 0 heterocycles. The van der Waals surface area contributed by atoms with Gasteiger partial charge in [0.25, 0.3) is 5.91 Å². The van der Waals surface area contributed by atoms with Gasteiger partial charge in [-0.25, -0.2) is 0 Å². The quantitative estimate of drug-likeness (QED) is 0.837. The van der Waals surface area contributed by atoms with Crippen molar-refractivity contribution in [3.8, 4) is 0 Å². The highest BCUT2D eigenvalue weighted by Gasteiger charge is 2.36. The largest absolute Gasteiger partial charge is 0.398 e. The van der Waals surface area contributed by atoms with Crippen molar-refractivity contribution in [2.24, 2.45) is 0 Å². The Bertz CT molecular complexity index is 654. The number of anilines is 1. The van der Waals surface area contributed by atoms with E-state index in [1.165, 1.54) is 6.42 Å². The van der Waals surface area contributed by atoms with Gasteiger partial charge < -0.3 is 11.1 Å². The summed E-state index contributed by atoms with van der Waals surface area (Å²) in [6, 6.07) is 11.7. The van der Waals surface area contributed by atoms with Crippen LogP contribution in [0.15, 0.2) is 36.4 Å². The van der Waals surface area contributed by atoms with Crippen LogP contribution in [0.5, 0.6) is 0 Å². The van der Waals surface area contributed by atoms with Crippen LogP contribution in [0.3, 0.4) is 0 Å². The number of carbonyl (C=O) groups is 1.